The molecular weight excluding hydrogens is 196 g/mol. The Morgan fingerprint density at radius 3 is 2.87 bits per heavy atom. The molecule has 0 aliphatic heterocycles. The number of carbonyl (C=O) groups is 1. The zero-order valence-electron chi connectivity index (χ0n) is 8.32. The molecule has 0 aliphatic rings. The van der Waals surface area contributed by atoms with Crippen molar-refractivity contribution in [1.82, 2.24) is 0 Å². The minimum Gasteiger partial charge on any atom is -0.493 e. The Balaban J connectivity index is 2.99. The minimum absolute atomic E-state index is 0.0682. The van der Waals surface area contributed by atoms with E-state index in [1.165, 1.54) is 7.11 Å². The highest BCUT2D eigenvalue weighted by Gasteiger charge is 2.09. The first kappa shape index (κ1) is 11.0. The van der Waals surface area contributed by atoms with Crippen molar-refractivity contribution < 1.29 is 14.3 Å². The van der Waals surface area contributed by atoms with Crippen LogP contribution in [-0.2, 0) is 0 Å². The van der Waals surface area contributed by atoms with Gasteiger partial charge in [0.05, 0.1) is 12.7 Å². The second-order valence-electron chi connectivity index (χ2n) is 2.81. The molecule has 0 bridgehead atoms. The van der Waals surface area contributed by atoms with Crippen LogP contribution in [0.3, 0.4) is 0 Å². The molecule has 80 valence electrons. The first-order valence-corrected chi connectivity index (χ1v) is 4.27. The minimum atomic E-state index is -0.113. The number of para-hydroxylation sites is 1. The predicted octanol–water partition coefficient (Wildman–Crippen LogP) is 0.822. The predicted molar refractivity (Wildman–Crippen MR) is 55.8 cm³/mol. The van der Waals surface area contributed by atoms with Crippen LogP contribution < -0.4 is 15.2 Å². The van der Waals surface area contributed by atoms with Crippen LogP contribution in [0.25, 0.3) is 0 Å². The van der Waals surface area contributed by atoms with E-state index in [1.807, 2.05) is 0 Å². The zero-order chi connectivity index (χ0) is 11.3. The van der Waals surface area contributed by atoms with Gasteiger partial charge in [-0.15, -0.1) is 0 Å². The Morgan fingerprint density at radius 1 is 1.60 bits per heavy atom. The third-order valence-corrected chi connectivity index (χ3v) is 1.73. The molecule has 0 saturated carbocycles. The number of benzene rings is 1. The second-order valence-corrected chi connectivity index (χ2v) is 2.81. The molecule has 0 aromatic heterocycles. The van der Waals surface area contributed by atoms with Gasteiger partial charge in [0, 0.05) is 0 Å². The van der Waals surface area contributed by atoms with Gasteiger partial charge in [-0.2, -0.15) is 0 Å². The van der Waals surface area contributed by atoms with E-state index >= 15 is 0 Å². The molecular formula is C10H12N2O3. The van der Waals surface area contributed by atoms with Crippen LogP contribution in [0.15, 0.2) is 18.2 Å². The van der Waals surface area contributed by atoms with E-state index in [2.05, 4.69) is 0 Å². The summed E-state index contributed by atoms with van der Waals surface area (Å²) < 4.78 is 10.2. The molecule has 3 N–H and O–H groups in total. The number of hydrogen-bond acceptors (Lipinski definition) is 4. The van der Waals surface area contributed by atoms with Crippen molar-refractivity contribution >= 4 is 12.1 Å². The highest BCUT2D eigenvalue weighted by Crippen LogP contribution is 2.29. The third kappa shape index (κ3) is 2.70. The molecule has 0 saturated heterocycles. The smallest absolute Gasteiger partial charge is 0.172 e. The lowest BCUT2D eigenvalue weighted by Gasteiger charge is -2.11. The summed E-state index contributed by atoms with van der Waals surface area (Å²) in [7, 11) is 1.48. The number of ether oxygens (including phenoxy) is 2. The van der Waals surface area contributed by atoms with Gasteiger partial charge >= 0.3 is 0 Å². The number of methoxy groups -OCH3 is 1. The molecule has 1 aromatic carbocycles. The number of aldehydes is 1. The highest BCUT2D eigenvalue weighted by molar-refractivity contribution is 5.82. The van der Waals surface area contributed by atoms with Crippen LogP contribution >= 0.6 is 0 Å². The summed E-state index contributed by atoms with van der Waals surface area (Å²) in [4.78, 5) is 10.7. The van der Waals surface area contributed by atoms with Gasteiger partial charge in [0.25, 0.3) is 0 Å². The van der Waals surface area contributed by atoms with Gasteiger partial charge in [0.15, 0.2) is 17.8 Å². The van der Waals surface area contributed by atoms with E-state index in [4.69, 9.17) is 20.6 Å². The number of nitrogens with one attached hydrogen (secondary N) is 1. The number of carbonyl (C=O) groups excluding carboxylic acids is 1. The number of hydrogen-bond donors (Lipinski definition) is 2. The van der Waals surface area contributed by atoms with Crippen molar-refractivity contribution in [1.29, 1.82) is 5.41 Å². The van der Waals surface area contributed by atoms with Crippen molar-refractivity contribution in [2.75, 3.05) is 13.7 Å². The Hall–Kier alpha value is -2.04. The Labute approximate surface area is 87.3 Å². The fourth-order valence-electron chi connectivity index (χ4n) is 1.09. The average Bonchev–Trinajstić information content (AvgIpc) is 2.25. The zero-order valence-corrected chi connectivity index (χ0v) is 8.32. The van der Waals surface area contributed by atoms with Crippen LogP contribution in [0, 0.1) is 5.41 Å². The molecule has 0 amide bonds. The first-order chi connectivity index (χ1) is 7.19. The normalized spacial score (nSPS) is 9.40. The molecule has 1 rings (SSSR count). The molecule has 0 aliphatic carbocycles. The second kappa shape index (κ2) is 4.99. The van der Waals surface area contributed by atoms with Crippen molar-refractivity contribution in [2.24, 2.45) is 5.73 Å². The standard InChI is InChI=1S/C10H12N2O3/c1-14-8-4-2-3-7(5-13)10(8)15-6-9(11)12/h2-5H,6H2,1H3,(H3,11,12). The topological polar surface area (TPSA) is 85.4 Å². The van der Waals surface area contributed by atoms with E-state index in [1.54, 1.807) is 18.2 Å². The molecule has 0 radical (unpaired) electrons. The molecule has 0 fully saturated rings. The maximum absolute atomic E-state index is 10.7. The monoisotopic (exact) mass is 208 g/mol. The molecule has 0 heterocycles. The molecule has 1 aromatic rings. The van der Waals surface area contributed by atoms with Gasteiger partial charge < -0.3 is 15.2 Å². The fourth-order valence-corrected chi connectivity index (χ4v) is 1.09. The van der Waals surface area contributed by atoms with Gasteiger partial charge in [-0.05, 0) is 12.1 Å². The SMILES string of the molecule is COc1cccc(C=O)c1OCC(=N)N. The Morgan fingerprint density at radius 2 is 2.33 bits per heavy atom. The van der Waals surface area contributed by atoms with Crippen LogP contribution in [0.4, 0.5) is 0 Å². The lowest BCUT2D eigenvalue weighted by molar-refractivity contribution is 0.111. The van der Waals surface area contributed by atoms with Crippen LogP contribution in [-0.4, -0.2) is 25.8 Å². The third-order valence-electron chi connectivity index (χ3n) is 1.73. The maximum Gasteiger partial charge on any atom is 0.172 e. The number of rotatable bonds is 5. The average molecular weight is 208 g/mol. The van der Waals surface area contributed by atoms with E-state index in [0.29, 0.717) is 23.3 Å². The van der Waals surface area contributed by atoms with E-state index in [9.17, 15) is 4.79 Å². The van der Waals surface area contributed by atoms with Gasteiger partial charge in [0.1, 0.15) is 12.4 Å². The van der Waals surface area contributed by atoms with Gasteiger partial charge in [-0.25, -0.2) is 0 Å². The van der Waals surface area contributed by atoms with Crippen molar-refractivity contribution in [3.63, 3.8) is 0 Å². The Bertz CT molecular complexity index is 377. The maximum atomic E-state index is 10.7. The summed E-state index contributed by atoms with van der Waals surface area (Å²) in [6.07, 6.45) is 0.665. The molecule has 0 spiro atoms. The van der Waals surface area contributed by atoms with Crippen molar-refractivity contribution in [3.8, 4) is 11.5 Å². The van der Waals surface area contributed by atoms with Crippen LogP contribution in [0.5, 0.6) is 11.5 Å². The lowest BCUT2D eigenvalue weighted by Crippen LogP contribution is -2.19. The quantitative estimate of drug-likeness (QED) is 0.426. The molecule has 0 atom stereocenters. The number of amidine groups is 1. The van der Waals surface area contributed by atoms with E-state index in [-0.39, 0.29) is 12.4 Å². The van der Waals surface area contributed by atoms with Crippen molar-refractivity contribution in [2.45, 2.75) is 0 Å². The lowest BCUT2D eigenvalue weighted by atomic mass is 10.2. The first-order valence-electron chi connectivity index (χ1n) is 4.27. The van der Waals surface area contributed by atoms with E-state index < -0.39 is 0 Å². The highest BCUT2D eigenvalue weighted by atomic mass is 16.5. The van der Waals surface area contributed by atoms with E-state index in [0.717, 1.165) is 0 Å². The largest absolute Gasteiger partial charge is 0.493 e. The molecule has 5 nitrogen and oxygen atoms in total. The summed E-state index contributed by atoms with van der Waals surface area (Å²) in [5.41, 5.74) is 5.52. The summed E-state index contributed by atoms with van der Waals surface area (Å²) in [6.45, 7) is -0.0682. The Kier molecular flexibility index (Phi) is 3.68. The van der Waals surface area contributed by atoms with Crippen LogP contribution in [0.2, 0.25) is 0 Å². The summed E-state index contributed by atoms with van der Waals surface area (Å²) >= 11 is 0. The van der Waals surface area contributed by atoms with Gasteiger partial charge in [-0.1, -0.05) is 6.07 Å². The summed E-state index contributed by atoms with van der Waals surface area (Å²) in [6, 6.07) is 4.96. The summed E-state index contributed by atoms with van der Waals surface area (Å²) in [5.74, 6) is 0.642. The molecule has 0 unspecified atom stereocenters. The summed E-state index contributed by atoms with van der Waals surface area (Å²) in [5, 5.41) is 7.02. The van der Waals surface area contributed by atoms with Gasteiger partial charge in [-0.3, -0.25) is 10.2 Å². The molecule has 5 heteroatoms. The van der Waals surface area contributed by atoms with Gasteiger partial charge in [0.2, 0.25) is 0 Å². The number of nitrogens with two attached hydrogens (primary N) is 1. The van der Waals surface area contributed by atoms with Crippen molar-refractivity contribution in [3.05, 3.63) is 23.8 Å². The molecule has 15 heavy (non-hydrogen) atoms. The van der Waals surface area contributed by atoms with Crippen LogP contribution in [0.1, 0.15) is 10.4 Å². The fraction of sp³-hybridized carbons (Fsp3) is 0.200.